The molecule has 0 saturated heterocycles. The molecule has 0 saturated carbocycles. The minimum absolute atomic E-state index is 0.160. The third-order valence-corrected chi connectivity index (χ3v) is 7.47. The van der Waals surface area contributed by atoms with Crippen LogP contribution in [0, 0.1) is 5.95 Å². The molecule has 7 heteroatoms. The molecule has 0 fully saturated rings. The number of nitrogens with zero attached hydrogens (tertiary/aromatic N) is 2. The largest absolute Gasteiger partial charge is 0.298 e. The lowest BCUT2D eigenvalue weighted by molar-refractivity contribution is 0.257. The Morgan fingerprint density at radius 1 is 1.03 bits per heavy atom. The van der Waals surface area contributed by atoms with Crippen molar-refractivity contribution in [2.24, 2.45) is 0 Å². The van der Waals surface area contributed by atoms with Crippen molar-refractivity contribution in [3.63, 3.8) is 0 Å². The highest BCUT2D eigenvalue weighted by atomic mass is 32.2. The summed E-state index contributed by atoms with van der Waals surface area (Å²) in [7, 11) is -3.76. The van der Waals surface area contributed by atoms with E-state index in [4.69, 9.17) is 0 Å². The van der Waals surface area contributed by atoms with Crippen LogP contribution in [0.4, 0.5) is 10.1 Å². The number of aromatic nitrogens is 1. The first kappa shape index (κ1) is 23.4. The van der Waals surface area contributed by atoms with Crippen LogP contribution in [0.25, 0.3) is 0 Å². The number of sulfonamides is 1. The molecule has 0 bridgehead atoms. The van der Waals surface area contributed by atoms with Gasteiger partial charge in [-0.15, -0.1) is 0 Å². The van der Waals surface area contributed by atoms with E-state index in [-0.39, 0.29) is 16.0 Å². The fourth-order valence-corrected chi connectivity index (χ4v) is 5.15. The summed E-state index contributed by atoms with van der Waals surface area (Å²) >= 11 is 0. The Balaban J connectivity index is 1.38. The van der Waals surface area contributed by atoms with Crippen LogP contribution in [0.5, 0.6) is 0 Å². The van der Waals surface area contributed by atoms with E-state index < -0.39 is 16.0 Å². The second kappa shape index (κ2) is 9.23. The zero-order valence-corrected chi connectivity index (χ0v) is 20.1. The lowest BCUT2D eigenvalue weighted by Gasteiger charge is -2.29. The molecule has 2 aromatic carbocycles. The molecule has 1 aromatic heterocycles. The molecule has 4 rings (SSSR count). The lowest BCUT2D eigenvalue weighted by atomic mass is 9.86. The minimum Gasteiger partial charge on any atom is -0.298 e. The lowest BCUT2D eigenvalue weighted by Crippen LogP contribution is -2.32. The number of hydrogen-bond donors (Lipinski definition) is 1. The highest BCUT2D eigenvalue weighted by molar-refractivity contribution is 7.92. The molecule has 0 unspecified atom stereocenters. The maximum absolute atomic E-state index is 13.0. The van der Waals surface area contributed by atoms with E-state index in [9.17, 15) is 12.8 Å². The van der Waals surface area contributed by atoms with Crippen molar-refractivity contribution in [3.8, 4) is 0 Å². The van der Waals surface area contributed by atoms with Gasteiger partial charge < -0.3 is 0 Å². The second-order valence-electron chi connectivity index (χ2n) is 9.63. The van der Waals surface area contributed by atoms with E-state index in [0.29, 0.717) is 0 Å². The van der Waals surface area contributed by atoms with E-state index in [2.05, 4.69) is 59.6 Å². The summed E-state index contributed by atoms with van der Waals surface area (Å²) in [5.74, 6) is -0.654. The molecule has 0 atom stereocenters. The van der Waals surface area contributed by atoms with Gasteiger partial charge in [0.25, 0.3) is 10.0 Å². The molecule has 0 spiro atoms. The van der Waals surface area contributed by atoms with Crippen LogP contribution in [-0.4, -0.2) is 31.4 Å². The molecule has 174 valence electrons. The number of pyridine rings is 1. The van der Waals surface area contributed by atoms with E-state index in [0.717, 1.165) is 49.7 Å². The molecular formula is C26H30FN3O2S. The zero-order chi connectivity index (χ0) is 23.6. The number of benzene rings is 2. The van der Waals surface area contributed by atoms with Crippen LogP contribution >= 0.6 is 0 Å². The van der Waals surface area contributed by atoms with Gasteiger partial charge in [0, 0.05) is 19.6 Å². The molecule has 1 aliphatic heterocycles. The van der Waals surface area contributed by atoms with Gasteiger partial charge in [-0.05, 0) is 64.8 Å². The molecule has 1 N–H and O–H groups in total. The molecule has 3 aromatic rings. The summed E-state index contributed by atoms with van der Waals surface area (Å²) in [6.07, 6.45) is 2.96. The summed E-state index contributed by atoms with van der Waals surface area (Å²) in [6.45, 7) is 9.34. The summed E-state index contributed by atoms with van der Waals surface area (Å²) in [5.41, 5.74) is 5.28. The van der Waals surface area contributed by atoms with Gasteiger partial charge in [-0.2, -0.15) is 4.39 Å². The molecule has 0 radical (unpaired) electrons. The van der Waals surface area contributed by atoms with Gasteiger partial charge in [0.05, 0.1) is 16.8 Å². The molecule has 2 heterocycles. The highest BCUT2D eigenvalue weighted by Crippen LogP contribution is 2.25. The predicted molar refractivity (Wildman–Crippen MR) is 129 cm³/mol. The van der Waals surface area contributed by atoms with E-state index in [1.54, 1.807) is 12.1 Å². The molecule has 0 aliphatic carbocycles. The van der Waals surface area contributed by atoms with Gasteiger partial charge in [0.2, 0.25) is 5.95 Å². The number of fused-ring (bicyclic) bond motifs is 1. The zero-order valence-electron chi connectivity index (χ0n) is 19.3. The molecule has 1 aliphatic rings. The van der Waals surface area contributed by atoms with Crippen molar-refractivity contribution in [2.45, 2.75) is 50.5 Å². The Morgan fingerprint density at radius 3 is 2.45 bits per heavy atom. The van der Waals surface area contributed by atoms with Crippen LogP contribution in [-0.2, 0) is 34.8 Å². The monoisotopic (exact) mass is 467 g/mol. The van der Waals surface area contributed by atoms with Crippen molar-refractivity contribution in [1.82, 2.24) is 9.88 Å². The van der Waals surface area contributed by atoms with Gasteiger partial charge in [-0.25, -0.2) is 13.4 Å². The van der Waals surface area contributed by atoms with Crippen molar-refractivity contribution in [2.75, 3.05) is 17.8 Å². The second-order valence-corrected chi connectivity index (χ2v) is 11.3. The fourth-order valence-electron chi connectivity index (χ4n) is 4.05. The predicted octanol–water partition coefficient (Wildman–Crippen LogP) is 4.92. The Morgan fingerprint density at radius 2 is 1.79 bits per heavy atom. The van der Waals surface area contributed by atoms with Crippen molar-refractivity contribution >= 4 is 15.7 Å². The van der Waals surface area contributed by atoms with Gasteiger partial charge in [-0.1, -0.05) is 51.1 Å². The Hall–Kier alpha value is -2.77. The van der Waals surface area contributed by atoms with Gasteiger partial charge in [0.15, 0.2) is 0 Å². The summed E-state index contributed by atoms with van der Waals surface area (Å²) in [4.78, 5) is 6.11. The summed E-state index contributed by atoms with van der Waals surface area (Å²) in [6, 6.07) is 16.6. The Bertz CT molecular complexity index is 1220. The third-order valence-electron chi connectivity index (χ3n) is 6.10. The smallest absolute Gasteiger partial charge is 0.261 e. The third kappa shape index (κ3) is 5.78. The quantitative estimate of drug-likeness (QED) is 0.523. The maximum Gasteiger partial charge on any atom is 0.261 e. The first-order valence-corrected chi connectivity index (χ1v) is 12.7. The van der Waals surface area contributed by atoms with Crippen LogP contribution in [0.1, 0.15) is 43.0 Å². The highest BCUT2D eigenvalue weighted by Gasteiger charge is 2.21. The van der Waals surface area contributed by atoms with Crippen molar-refractivity contribution < 1.29 is 12.8 Å². The number of rotatable bonds is 6. The number of nitrogens with one attached hydrogen (secondary N) is 1. The van der Waals surface area contributed by atoms with Gasteiger partial charge in [-0.3, -0.25) is 9.62 Å². The van der Waals surface area contributed by atoms with Crippen LogP contribution < -0.4 is 4.72 Å². The van der Waals surface area contributed by atoms with E-state index in [1.807, 2.05) is 6.07 Å². The summed E-state index contributed by atoms with van der Waals surface area (Å²) < 4.78 is 40.9. The average molecular weight is 468 g/mol. The normalized spacial score (nSPS) is 14.7. The number of halogens is 1. The van der Waals surface area contributed by atoms with Crippen LogP contribution in [0.2, 0.25) is 0 Å². The number of anilines is 1. The SMILES string of the molecule is CC(C)(C)c1ccc(CCN2CCc3cc(S(=O)(=O)Nc4ccc(F)nc4)ccc3C2)cc1. The van der Waals surface area contributed by atoms with Crippen molar-refractivity contribution in [1.29, 1.82) is 0 Å². The average Bonchev–Trinajstić information content (AvgIpc) is 2.78. The van der Waals surface area contributed by atoms with Crippen LogP contribution in [0.15, 0.2) is 65.7 Å². The maximum atomic E-state index is 13.0. The molecule has 33 heavy (non-hydrogen) atoms. The molecule has 0 amide bonds. The minimum atomic E-state index is -3.76. The van der Waals surface area contributed by atoms with Gasteiger partial charge >= 0.3 is 0 Å². The van der Waals surface area contributed by atoms with Crippen molar-refractivity contribution in [3.05, 3.63) is 89.0 Å². The first-order chi connectivity index (χ1) is 15.6. The fraction of sp³-hybridized carbons (Fsp3) is 0.346. The van der Waals surface area contributed by atoms with Gasteiger partial charge in [0.1, 0.15) is 0 Å². The standard InChI is InChI=1S/C26H30FN3O2S/c1-26(2,3)22-7-4-19(5-8-22)12-14-30-15-13-20-16-24(10-6-21(20)18-30)33(31,32)29-23-9-11-25(27)28-17-23/h4-11,16-17,29H,12-15,18H2,1-3H3. The molecule has 5 nitrogen and oxygen atoms in total. The first-order valence-electron chi connectivity index (χ1n) is 11.2. The molecular weight excluding hydrogens is 437 g/mol. The number of hydrogen-bond acceptors (Lipinski definition) is 4. The Kier molecular flexibility index (Phi) is 6.54. The Labute approximate surface area is 195 Å². The van der Waals surface area contributed by atoms with E-state index >= 15 is 0 Å². The van der Waals surface area contributed by atoms with E-state index in [1.165, 1.54) is 23.4 Å². The van der Waals surface area contributed by atoms with Crippen LogP contribution in [0.3, 0.4) is 0 Å². The topological polar surface area (TPSA) is 62.3 Å². The summed E-state index contributed by atoms with van der Waals surface area (Å²) in [5, 5.41) is 0.